The Morgan fingerprint density at radius 2 is 1.90 bits per heavy atom. The predicted molar refractivity (Wildman–Crippen MR) is 94.1 cm³/mol. The zero-order chi connectivity index (χ0) is 15.9. The van der Waals surface area contributed by atoms with Crippen molar-refractivity contribution in [2.75, 3.05) is 56.2 Å². The van der Waals surface area contributed by atoms with Crippen molar-refractivity contribution in [1.29, 1.82) is 0 Å². The van der Waals surface area contributed by atoms with Gasteiger partial charge in [-0.15, -0.1) is 0 Å². The molecule has 3 N–H and O–H groups in total. The zero-order valence-electron chi connectivity index (χ0n) is 13.2. The van der Waals surface area contributed by atoms with E-state index in [9.17, 15) is 9.59 Å². The average molecular weight is 336 g/mol. The Balaban J connectivity index is 3.81. The van der Waals surface area contributed by atoms with Gasteiger partial charge >= 0.3 is 0 Å². The Morgan fingerprint density at radius 3 is 2.52 bits per heavy atom. The minimum absolute atomic E-state index is 0.189. The molecule has 0 rings (SSSR count). The number of nitrogens with zero attached hydrogens (tertiary/aromatic N) is 1. The highest BCUT2D eigenvalue weighted by Gasteiger charge is 2.12. The van der Waals surface area contributed by atoms with Crippen LogP contribution in [0.15, 0.2) is 0 Å². The summed E-state index contributed by atoms with van der Waals surface area (Å²) in [5.74, 6) is 3.75. The van der Waals surface area contributed by atoms with Gasteiger partial charge in [0.05, 0.1) is 5.75 Å². The van der Waals surface area contributed by atoms with Crippen LogP contribution in [-0.2, 0) is 9.59 Å². The monoisotopic (exact) mass is 335 g/mol. The number of hydrogen-bond acceptors (Lipinski definition) is 6. The molecule has 21 heavy (non-hydrogen) atoms. The first-order valence-electron chi connectivity index (χ1n) is 7.39. The smallest absolute Gasteiger partial charge is 0.223 e. The lowest BCUT2D eigenvalue weighted by molar-refractivity contribution is -0.130. The second-order valence-corrected chi connectivity index (χ2v) is 7.07. The molecule has 0 aliphatic heterocycles. The van der Waals surface area contributed by atoms with Gasteiger partial charge in [0.1, 0.15) is 5.78 Å². The summed E-state index contributed by atoms with van der Waals surface area (Å²) in [6.45, 7) is 4.43. The molecule has 0 saturated heterocycles. The molecule has 0 atom stereocenters. The quantitative estimate of drug-likeness (QED) is 0.458. The van der Waals surface area contributed by atoms with Crippen LogP contribution in [0.2, 0.25) is 0 Å². The average Bonchev–Trinajstić information content (AvgIpc) is 2.45. The number of thioether (sulfide) groups is 2. The Hall–Kier alpha value is -0.240. The molecule has 0 radical (unpaired) electrons. The highest BCUT2D eigenvalue weighted by molar-refractivity contribution is 8.00. The lowest BCUT2D eigenvalue weighted by Gasteiger charge is -2.22. The van der Waals surface area contributed by atoms with Crippen molar-refractivity contribution < 1.29 is 9.59 Å². The van der Waals surface area contributed by atoms with Gasteiger partial charge in [0, 0.05) is 44.1 Å². The summed E-state index contributed by atoms with van der Waals surface area (Å²) < 4.78 is 0. The highest BCUT2D eigenvalue weighted by Crippen LogP contribution is 2.07. The van der Waals surface area contributed by atoms with Gasteiger partial charge in [0.15, 0.2) is 0 Å². The molecule has 7 heteroatoms. The zero-order valence-corrected chi connectivity index (χ0v) is 14.9. The van der Waals surface area contributed by atoms with Gasteiger partial charge in [-0.2, -0.15) is 23.5 Å². The molecule has 0 bridgehead atoms. The molecule has 0 aromatic rings. The van der Waals surface area contributed by atoms with Crippen LogP contribution in [0.25, 0.3) is 0 Å². The van der Waals surface area contributed by atoms with Gasteiger partial charge in [0.25, 0.3) is 0 Å². The normalized spacial score (nSPS) is 10.6. The first-order valence-corrected chi connectivity index (χ1v) is 9.70. The Morgan fingerprint density at radius 1 is 1.14 bits per heavy atom. The van der Waals surface area contributed by atoms with Crippen molar-refractivity contribution in [3.63, 3.8) is 0 Å². The fourth-order valence-electron chi connectivity index (χ4n) is 1.68. The number of rotatable bonds is 14. The van der Waals surface area contributed by atoms with E-state index in [1.165, 1.54) is 0 Å². The summed E-state index contributed by atoms with van der Waals surface area (Å²) in [5, 5.41) is 3.09. The van der Waals surface area contributed by atoms with Crippen LogP contribution in [0, 0.1) is 0 Å². The van der Waals surface area contributed by atoms with Gasteiger partial charge in [-0.25, -0.2) is 0 Å². The molecular weight excluding hydrogens is 306 g/mol. The van der Waals surface area contributed by atoms with Gasteiger partial charge in [0.2, 0.25) is 5.91 Å². The Kier molecular flexibility index (Phi) is 14.5. The first-order chi connectivity index (χ1) is 10.1. The van der Waals surface area contributed by atoms with Crippen LogP contribution in [0.1, 0.15) is 19.8 Å². The van der Waals surface area contributed by atoms with E-state index in [4.69, 9.17) is 5.73 Å². The predicted octanol–water partition coefficient (Wildman–Crippen LogP) is 0.829. The topological polar surface area (TPSA) is 75.4 Å². The molecule has 0 fully saturated rings. The van der Waals surface area contributed by atoms with E-state index < -0.39 is 0 Å². The van der Waals surface area contributed by atoms with Gasteiger partial charge < -0.3 is 16.0 Å². The highest BCUT2D eigenvalue weighted by atomic mass is 32.2. The number of nitrogens with one attached hydrogen (secondary N) is 1. The molecule has 0 saturated carbocycles. The van der Waals surface area contributed by atoms with Crippen LogP contribution in [-0.4, -0.2) is 72.8 Å². The number of ketones is 1. The molecule has 0 aliphatic carbocycles. The fraction of sp³-hybridized carbons (Fsp3) is 0.857. The van der Waals surface area contributed by atoms with Crippen molar-refractivity contribution in [2.24, 2.45) is 5.73 Å². The maximum Gasteiger partial charge on any atom is 0.223 e. The summed E-state index contributed by atoms with van der Waals surface area (Å²) >= 11 is 3.42. The molecule has 0 spiro atoms. The van der Waals surface area contributed by atoms with Crippen molar-refractivity contribution >= 4 is 35.2 Å². The summed E-state index contributed by atoms with van der Waals surface area (Å²) in [7, 11) is 1.93. The standard InChI is InChI=1S/C14H29N3O2S2/c1-13(18)12-21-9-3-7-17(8-5-15)14(19)4-10-20-11-6-16-2/h16H,3-12,15H2,1-2H3. The van der Waals surface area contributed by atoms with E-state index in [0.717, 1.165) is 36.8 Å². The maximum absolute atomic E-state index is 12.1. The van der Waals surface area contributed by atoms with Crippen LogP contribution >= 0.6 is 23.5 Å². The first kappa shape index (κ1) is 20.8. The van der Waals surface area contributed by atoms with Crippen LogP contribution in [0.3, 0.4) is 0 Å². The lowest BCUT2D eigenvalue weighted by atomic mass is 10.3. The minimum atomic E-state index is 0.189. The second-order valence-electron chi connectivity index (χ2n) is 4.74. The minimum Gasteiger partial charge on any atom is -0.341 e. The van der Waals surface area contributed by atoms with E-state index in [1.54, 1.807) is 30.4 Å². The van der Waals surface area contributed by atoms with E-state index in [1.807, 2.05) is 11.9 Å². The molecule has 0 aromatic carbocycles. The van der Waals surface area contributed by atoms with E-state index >= 15 is 0 Å². The summed E-state index contributed by atoms with van der Waals surface area (Å²) in [6.07, 6.45) is 1.49. The third kappa shape index (κ3) is 13.2. The number of carbonyl (C=O) groups excluding carboxylic acids is 2. The number of hydrogen-bond donors (Lipinski definition) is 2. The summed E-state index contributed by atoms with van der Waals surface area (Å²) in [4.78, 5) is 24.8. The SMILES string of the molecule is CNCCSCCC(=O)N(CCN)CCCSCC(C)=O. The van der Waals surface area contributed by atoms with Gasteiger partial charge in [-0.05, 0) is 26.1 Å². The van der Waals surface area contributed by atoms with Gasteiger partial charge in [-0.3, -0.25) is 9.59 Å². The molecule has 0 heterocycles. The number of amides is 1. The number of Topliss-reactive ketones (excluding diaryl/α,β-unsaturated/α-hetero) is 1. The third-order valence-electron chi connectivity index (χ3n) is 2.73. The second kappa shape index (κ2) is 14.7. The van der Waals surface area contributed by atoms with E-state index in [-0.39, 0.29) is 11.7 Å². The third-order valence-corrected chi connectivity index (χ3v) is 4.90. The number of carbonyl (C=O) groups is 2. The molecule has 0 unspecified atom stereocenters. The van der Waals surface area contributed by atoms with Crippen molar-refractivity contribution in [2.45, 2.75) is 19.8 Å². The largest absolute Gasteiger partial charge is 0.341 e. The lowest BCUT2D eigenvalue weighted by Crippen LogP contribution is -2.36. The van der Waals surface area contributed by atoms with Crippen molar-refractivity contribution in [3.8, 4) is 0 Å². The maximum atomic E-state index is 12.1. The van der Waals surface area contributed by atoms with Crippen LogP contribution < -0.4 is 11.1 Å². The van der Waals surface area contributed by atoms with Crippen molar-refractivity contribution in [1.82, 2.24) is 10.2 Å². The van der Waals surface area contributed by atoms with Crippen LogP contribution in [0.5, 0.6) is 0 Å². The Labute approximate surface area is 137 Å². The molecule has 0 aliphatic rings. The molecule has 0 aromatic heterocycles. The fourth-order valence-corrected chi connectivity index (χ4v) is 3.32. The number of nitrogens with two attached hydrogens (primary N) is 1. The van der Waals surface area contributed by atoms with Gasteiger partial charge in [-0.1, -0.05) is 0 Å². The summed E-state index contributed by atoms with van der Waals surface area (Å²) in [6, 6.07) is 0. The van der Waals surface area contributed by atoms with E-state index in [0.29, 0.717) is 25.3 Å². The molecule has 1 amide bonds. The molecule has 5 nitrogen and oxygen atoms in total. The van der Waals surface area contributed by atoms with E-state index in [2.05, 4.69) is 5.32 Å². The molecular formula is C14H29N3O2S2. The van der Waals surface area contributed by atoms with Crippen molar-refractivity contribution in [3.05, 3.63) is 0 Å². The van der Waals surface area contributed by atoms with Crippen LogP contribution in [0.4, 0.5) is 0 Å². The Bertz CT molecular complexity index is 291. The summed E-state index contributed by atoms with van der Waals surface area (Å²) in [5.41, 5.74) is 5.57. The molecule has 124 valence electrons.